The SMILES string of the molecule is COc1ccc2c(O[C@@H]3C[C@H]4C(=O)N[C@]5(C(=O)NS(=O)(=O)C6(C)CC6)C[C@H]5/C=C\CC[C@@H](C)C[C@@H](C)[C@H](NC(=O)OC(C)(C)C)C(=O)N4C3)nc(-c3ccc(C(C)(C)C)cc3)cc2c1. The summed E-state index contributed by atoms with van der Waals surface area (Å²) in [7, 11) is -2.43. The molecule has 3 heterocycles. The van der Waals surface area contributed by atoms with Gasteiger partial charge in [-0.15, -0.1) is 0 Å². The Bertz CT molecular complexity index is 2440. The van der Waals surface area contributed by atoms with Crippen LogP contribution < -0.4 is 24.8 Å². The summed E-state index contributed by atoms with van der Waals surface area (Å²) in [5, 5.41) is 7.29. The first-order chi connectivity index (χ1) is 29.9. The van der Waals surface area contributed by atoms with Crippen molar-refractivity contribution in [2.75, 3.05) is 13.7 Å². The Morgan fingerprint density at radius 3 is 2.31 bits per heavy atom. The number of rotatable bonds is 8. The first kappa shape index (κ1) is 46.8. The zero-order valence-electron chi connectivity index (χ0n) is 38.9. The van der Waals surface area contributed by atoms with Crippen molar-refractivity contribution in [3.8, 4) is 22.9 Å². The molecule has 2 saturated carbocycles. The summed E-state index contributed by atoms with van der Waals surface area (Å²) >= 11 is 0. The molecule has 3 fully saturated rings. The van der Waals surface area contributed by atoms with Gasteiger partial charge in [-0.2, -0.15) is 0 Å². The van der Waals surface area contributed by atoms with Crippen LogP contribution in [-0.2, 0) is 34.6 Å². The van der Waals surface area contributed by atoms with Gasteiger partial charge < -0.3 is 29.7 Å². The van der Waals surface area contributed by atoms with Gasteiger partial charge in [0.1, 0.15) is 35.1 Å². The fourth-order valence-corrected chi connectivity index (χ4v) is 10.2. The van der Waals surface area contributed by atoms with E-state index >= 15 is 4.79 Å². The summed E-state index contributed by atoms with van der Waals surface area (Å²) in [6.07, 6.45) is 5.39. The van der Waals surface area contributed by atoms with Gasteiger partial charge >= 0.3 is 6.09 Å². The standard InChI is InChI=1S/C49H65N5O9S/c1-29-13-11-12-14-34-27-49(34,44(57)53-64(59,60)48(9)21-22-48)52-41(55)39-26-36(28-54(39)43(56)40(30(2)23-29)51-45(58)63-47(6,7)8)62-42-37-20-19-35(61-10)24-32(37)25-38(50-42)31-15-17-33(18-16-31)46(3,4)5/h12,14-20,24-25,29-30,34,36,39-40H,11,13,21-23,26-28H2,1-10H3,(H,51,58)(H,52,55)(H,53,57)/b14-12-/t29-,30-,34-,36-,39+,40+,49-/m1/s1. The molecule has 15 heteroatoms. The van der Waals surface area contributed by atoms with E-state index in [9.17, 15) is 22.8 Å². The van der Waals surface area contributed by atoms with E-state index in [0.29, 0.717) is 48.4 Å². The van der Waals surface area contributed by atoms with Gasteiger partial charge in [-0.05, 0) is 119 Å². The van der Waals surface area contributed by atoms with E-state index in [1.807, 2.05) is 55.5 Å². The largest absolute Gasteiger partial charge is 0.497 e. The maximum Gasteiger partial charge on any atom is 0.408 e. The average Bonchev–Trinajstić information content (AvgIpc) is 4.10. The average molecular weight is 900 g/mol. The highest BCUT2D eigenvalue weighted by Crippen LogP contribution is 2.48. The molecule has 2 aromatic carbocycles. The number of aromatic nitrogens is 1. The van der Waals surface area contributed by atoms with Crippen molar-refractivity contribution in [3.05, 3.63) is 66.2 Å². The molecule has 4 aliphatic rings. The third kappa shape index (κ3) is 10.0. The second-order valence-corrected chi connectivity index (χ2v) is 23.0. The van der Waals surface area contributed by atoms with Gasteiger partial charge in [0.25, 0.3) is 5.91 Å². The third-order valence-corrected chi connectivity index (χ3v) is 15.4. The number of sulfonamides is 1. The Kier molecular flexibility index (Phi) is 12.7. The third-order valence-electron chi connectivity index (χ3n) is 13.2. The second-order valence-electron chi connectivity index (χ2n) is 20.8. The highest BCUT2D eigenvalue weighted by Gasteiger charge is 2.63. The Morgan fingerprint density at radius 2 is 1.67 bits per heavy atom. The van der Waals surface area contributed by atoms with Crippen LogP contribution in [0.25, 0.3) is 22.0 Å². The van der Waals surface area contributed by atoms with Crippen molar-refractivity contribution < 1.29 is 41.8 Å². The topological polar surface area (TPSA) is 182 Å². The number of benzene rings is 2. The van der Waals surface area contributed by atoms with Crippen LogP contribution in [0.1, 0.15) is 113 Å². The predicted molar refractivity (Wildman–Crippen MR) is 245 cm³/mol. The number of fused-ring (bicyclic) bond motifs is 3. The molecule has 7 rings (SSSR count). The zero-order valence-corrected chi connectivity index (χ0v) is 39.7. The number of hydrogen-bond acceptors (Lipinski definition) is 10. The van der Waals surface area contributed by atoms with Crippen LogP contribution in [0, 0.1) is 17.8 Å². The van der Waals surface area contributed by atoms with Crippen LogP contribution in [0.3, 0.4) is 0 Å². The fourth-order valence-electron chi connectivity index (χ4n) is 8.90. The maximum absolute atomic E-state index is 15.1. The summed E-state index contributed by atoms with van der Waals surface area (Å²) < 4.78 is 45.9. The van der Waals surface area contributed by atoms with Crippen molar-refractivity contribution in [1.82, 2.24) is 25.2 Å². The monoisotopic (exact) mass is 899 g/mol. The summed E-state index contributed by atoms with van der Waals surface area (Å²) in [5.74, 6) is -1.70. The lowest BCUT2D eigenvalue weighted by Gasteiger charge is -2.33. The van der Waals surface area contributed by atoms with Gasteiger partial charge in [0.15, 0.2) is 0 Å². The molecule has 4 amide bonds. The highest BCUT2D eigenvalue weighted by molar-refractivity contribution is 7.91. The minimum absolute atomic E-state index is 0.0138. The van der Waals surface area contributed by atoms with Crippen molar-refractivity contribution in [3.63, 3.8) is 0 Å². The molecule has 2 aliphatic heterocycles. The van der Waals surface area contributed by atoms with Crippen LogP contribution in [0.4, 0.5) is 4.79 Å². The number of amides is 4. The molecular formula is C49H65N5O9S. The molecule has 2 aliphatic carbocycles. The molecule has 1 aromatic heterocycles. The van der Waals surface area contributed by atoms with Gasteiger partial charge in [-0.25, -0.2) is 18.2 Å². The summed E-state index contributed by atoms with van der Waals surface area (Å²) in [6, 6.07) is 13.5. The van der Waals surface area contributed by atoms with E-state index < -0.39 is 73.8 Å². The number of carbonyl (C=O) groups excluding carboxylic acids is 4. The molecular weight excluding hydrogens is 835 g/mol. The Hall–Kier alpha value is -5.18. The minimum Gasteiger partial charge on any atom is -0.497 e. The number of alkyl carbamates (subject to hydrolysis) is 1. The van der Waals surface area contributed by atoms with Crippen molar-refractivity contribution in [2.45, 2.75) is 147 Å². The van der Waals surface area contributed by atoms with Crippen LogP contribution in [0.2, 0.25) is 0 Å². The molecule has 14 nitrogen and oxygen atoms in total. The van der Waals surface area contributed by atoms with Crippen LogP contribution in [-0.4, -0.2) is 89.8 Å². The summed E-state index contributed by atoms with van der Waals surface area (Å²) in [6.45, 7) is 17.2. The van der Waals surface area contributed by atoms with Gasteiger partial charge in [-0.3, -0.25) is 19.1 Å². The molecule has 0 bridgehead atoms. The molecule has 346 valence electrons. The highest BCUT2D eigenvalue weighted by atomic mass is 32.2. The van der Waals surface area contributed by atoms with Crippen LogP contribution in [0.5, 0.6) is 11.6 Å². The van der Waals surface area contributed by atoms with Gasteiger partial charge in [0, 0.05) is 23.3 Å². The number of nitrogens with one attached hydrogen (secondary N) is 3. The van der Waals surface area contributed by atoms with Crippen LogP contribution in [0.15, 0.2) is 60.7 Å². The fraction of sp³-hybridized carbons (Fsp3) is 0.571. The van der Waals surface area contributed by atoms with Crippen LogP contribution >= 0.6 is 0 Å². The second kappa shape index (κ2) is 17.3. The minimum atomic E-state index is -4.03. The lowest BCUT2D eigenvalue weighted by molar-refractivity contribution is -0.142. The maximum atomic E-state index is 15.1. The Balaban J connectivity index is 1.26. The number of hydrogen-bond donors (Lipinski definition) is 3. The summed E-state index contributed by atoms with van der Waals surface area (Å²) in [5.41, 5.74) is 0.241. The van der Waals surface area contributed by atoms with E-state index in [1.54, 1.807) is 34.8 Å². The van der Waals surface area contributed by atoms with E-state index in [-0.39, 0.29) is 36.6 Å². The molecule has 3 N–H and O–H groups in total. The first-order valence-electron chi connectivity index (χ1n) is 22.5. The smallest absolute Gasteiger partial charge is 0.408 e. The number of pyridine rings is 1. The number of allylic oxidation sites excluding steroid dienone is 1. The van der Waals surface area contributed by atoms with Crippen molar-refractivity contribution in [1.29, 1.82) is 0 Å². The van der Waals surface area contributed by atoms with Gasteiger partial charge in [-0.1, -0.05) is 71.0 Å². The van der Waals surface area contributed by atoms with Gasteiger partial charge in [0.05, 0.1) is 24.1 Å². The van der Waals surface area contributed by atoms with E-state index in [0.717, 1.165) is 17.4 Å². The Labute approximate surface area is 377 Å². The van der Waals surface area contributed by atoms with E-state index in [2.05, 4.69) is 55.2 Å². The predicted octanol–water partition coefficient (Wildman–Crippen LogP) is 7.34. The normalized spacial score (nSPS) is 27.8. The number of methoxy groups -OCH3 is 1. The van der Waals surface area contributed by atoms with Gasteiger partial charge in [0.2, 0.25) is 27.7 Å². The molecule has 64 heavy (non-hydrogen) atoms. The zero-order chi connectivity index (χ0) is 46.6. The summed E-state index contributed by atoms with van der Waals surface area (Å²) in [4.78, 5) is 63.8. The number of carbonyl (C=O) groups is 4. The number of ether oxygens (including phenoxy) is 3. The Morgan fingerprint density at radius 1 is 0.969 bits per heavy atom. The lowest BCUT2D eigenvalue weighted by Crippen LogP contribution is -2.59. The lowest BCUT2D eigenvalue weighted by atomic mass is 9.86. The molecule has 1 saturated heterocycles. The molecule has 0 spiro atoms. The first-order valence-corrected chi connectivity index (χ1v) is 24.0. The molecule has 0 radical (unpaired) electrons. The van der Waals surface area contributed by atoms with Crippen molar-refractivity contribution >= 4 is 44.6 Å². The van der Waals surface area contributed by atoms with Crippen molar-refractivity contribution in [2.24, 2.45) is 17.8 Å². The molecule has 7 atom stereocenters. The van der Waals surface area contributed by atoms with E-state index in [1.165, 1.54) is 10.5 Å². The molecule has 3 aromatic rings. The molecule has 0 unspecified atom stereocenters. The quantitative estimate of drug-likeness (QED) is 0.194. The number of nitrogens with zero attached hydrogens (tertiary/aromatic N) is 2. The van der Waals surface area contributed by atoms with E-state index in [4.69, 9.17) is 19.2 Å².